The van der Waals surface area contributed by atoms with Crippen molar-refractivity contribution in [2.24, 2.45) is 7.05 Å². The van der Waals surface area contributed by atoms with Crippen LogP contribution in [0.3, 0.4) is 0 Å². The highest BCUT2D eigenvalue weighted by Gasteiger charge is 2.24. The molecule has 68 valence electrons. The number of alkyl halides is 1. The molecule has 0 atom stereocenters. The quantitative estimate of drug-likeness (QED) is 0.443. The number of nitrogens with zero attached hydrogens (tertiary/aromatic N) is 4. The molecule has 0 bridgehead atoms. The second-order valence-electron chi connectivity index (χ2n) is 2.26. The van der Waals surface area contributed by atoms with Crippen molar-refractivity contribution in [3.63, 3.8) is 0 Å². The van der Waals surface area contributed by atoms with E-state index in [-0.39, 0.29) is 11.5 Å². The Labute approximate surface area is 82.1 Å². The van der Waals surface area contributed by atoms with Crippen molar-refractivity contribution in [1.82, 2.24) is 9.55 Å². The summed E-state index contributed by atoms with van der Waals surface area (Å²) >= 11 is 3.12. The Kier molecular flexibility index (Phi) is 2.63. The maximum atomic E-state index is 10.4. The number of halogens is 1. The second-order valence-corrected chi connectivity index (χ2v) is 2.82. The highest BCUT2D eigenvalue weighted by Crippen LogP contribution is 2.18. The molecule has 0 aromatic carbocycles. The first-order valence-electron chi connectivity index (χ1n) is 3.27. The van der Waals surface area contributed by atoms with E-state index in [1.165, 1.54) is 4.57 Å². The van der Waals surface area contributed by atoms with E-state index in [0.29, 0.717) is 11.2 Å². The zero-order chi connectivity index (χ0) is 10.0. The van der Waals surface area contributed by atoms with Gasteiger partial charge in [0.05, 0.1) is 5.33 Å². The normalized spacial score (nSPS) is 9.62. The number of imidazole rings is 1. The molecule has 1 aromatic heterocycles. The molecule has 6 nitrogen and oxygen atoms in total. The zero-order valence-corrected chi connectivity index (χ0v) is 8.28. The fourth-order valence-corrected chi connectivity index (χ4v) is 1.40. The van der Waals surface area contributed by atoms with Gasteiger partial charge in [0.25, 0.3) is 0 Å². The van der Waals surface area contributed by atoms with Gasteiger partial charge >= 0.3 is 5.82 Å². The summed E-state index contributed by atoms with van der Waals surface area (Å²) in [4.78, 5) is 13.5. The first-order valence-corrected chi connectivity index (χ1v) is 4.40. The van der Waals surface area contributed by atoms with Gasteiger partial charge in [0.15, 0.2) is 0 Å². The van der Waals surface area contributed by atoms with Crippen LogP contribution in [0, 0.1) is 21.4 Å². The standard InChI is InChI=1S/C6H5BrN4O2/c1-10-4(3-8)6(11(12)13)9-5(10)2-7/h2H2,1H3. The Hall–Kier alpha value is -1.42. The molecule has 0 aliphatic heterocycles. The van der Waals surface area contributed by atoms with E-state index in [0.717, 1.165) is 0 Å². The molecule has 7 heteroatoms. The minimum Gasteiger partial charge on any atom is -0.358 e. The van der Waals surface area contributed by atoms with Gasteiger partial charge in [-0.3, -0.25) is 4.57 Å². The Bertz CT molecular complexity index is 392. The minimum absolute atomic E-state index is 0.0283. The monoisotopic (exact) mass is 244 g/mol. The fourth-order valence-electron chi connectivity index (χ4n) is 0.901. The van der Waals surface area contributed by atoms with E-state index >= 15 is 0 Å². The van der Waals surface area contributed by atoms with E-state index < -0.39 is 4.92 Å². The number of nitriles is 1. The van der Waals surface area contributed by atoms with Crippen LogP contribution in [0.4, 0.5) is 5.82 Å². The van der Waals surface area contributed by atoms with Crippen molar-refractivity contribution >= 4 is 21.7 Å². The Balaban J connectivity index is 3.38. The van der Waals surface area contributed by atoms with Crippen molar-refractivity contribution in [3.05, 3.63) is 21.6 Å². The Morgan fingerprint density at radius 1 is 1.85 bits per heavy atom. The van der Waals surface area contributed by atoms with E-state index in [9.17, 15) is 10.1 Å². The molecule has 1 aromatic rings. The van der Waals surface area contributed by atoms with Gasteiger partial charge in [0.2, 0.25) is 11.5 Å². The lowest BCUT2D eigenvalue weighted by atomic mass is 10.5. The summed E-state index contributed by atoms with van der Waals surface area (Å²) in [6.07, 6.45) is 0. The summed E-state index contributed by atoms with van der Waals surface area (Å²) in [5.41, 5.74) is -0.0283. The van der Waals surface area contributed by atoms with E-state index in [1.807, 2.05) is 0 Å². The fraction of sp³-hybridized carbons (Fsp3) is 0.333. The average Bonchev–Trinajstić information content (AvgIpc) is 2.42. The number of rotatable bonds is 2. The summed E-state index contributed by atoms with van der Waals surface area (Å²) in [6.45, 7) is 0. The lowest BCUT2D eigenvalue weighted by Gasteiger charge is -1.91. The lowest BCUT2D eigenvalue weighted by molar-refractivity contribution is -0.389. The maximum Gasteiger partial charge on any atom is 0.400 e. The highest BCUT2D eigenvalue weighted by atomic mass is 79.9. The summed E-state index contributed by atoms with van der Waals surface area (Å²) in [7, 11) is 1.56. The van der Waals surface area contributed by atoms with Crippen molar-refractivity contribution in [1.29, 1.82) is 5.26 Å². The molecular formula is C6H5BrN4O2. The van der Waals surface area contributed by atoms with Gasteiger partial charge in [0, 0.05) is 7.05 Å². The van der Waals surface area contributed by atoms with Crippen LogP contribution in [0.5, 0.6) is 0 Å². The van der Waals surface area contributed by atoms with Crippen LogP contribution in [0.1, 0.15) is 11.5 Å². The van der Waals surface area contributed by atoms with Crippen LogP contribution >= 0.6 is 15.9 Å². The van der Waals surface area contributed by atoms with Gasteiger partial charge in [-0.1, -0.05) is 15.9 Å². The lowest BCUT2D eigenvalue weighted by Crippen LogP contribution is -1.97. The molecule has 0 spiro atoms. The van der Waals surface area contributed by atoms with Crippen LogP contribution in [-0.2, 0) is 12.4 Å². The third kappa shape index (κ3) is 1.53. The molecule has 0 saturated carbocycles. The molecule has 13 heavy (non-hydrogen) atoms. The van der Waals surface area contributed by atoms with Crippen molar-refractivity contribution in [2.45, 2.75) is 5.33 Å². The molecule has 0 aliphatic rings. The third-order valence-electron chi connectivity index (χ3n) is 1.57. The predicted molar refractivity (Wildman–Crippen MR) is 47.2 cm³/mol. The molecule has 0 radical (unpaired) electrons. The molecule has 1 heterocycles. The average molecular weight is 245 g/mol. The summed E-state index contributed by atoms with van der Waals surface area (Å²) in [6, 6.07) is 1.74. The van der Waals surface area contributed by atoms with Crippen molar-refractivity contribution in [3.8, 4) is 6.07 Å². The van der Waals surface area contributed by atoms with Gasteiger partial charge in [-0.05, 0) is 9.91 Å². The number of hydrogen-bond acceptors (Lipinski definition) is 4. The van der Waals surface area contributed by atoms with Gasteiger partial charge in [-0.2, -0.15) is 5.26 Å². The highest BCUT2D eigenvalue weighted by molar-refractivity contribution is 9.08. The topological polar surface area (TPSA) is 84.8 Å². The van der Waals surface area contributed by atoms with Gasteiger partial charge in [-0.15, -0.1) is 0 Å². The second kappa shape index (κ2) is 3.53. The third-order valence-corrected chi connectivity index (χ3v) is 2.07. The van der Waals surface area contributed by atoms with Crippen LogP contribution in [0.15, 0.2) is 0 Å². The largest absolute Gasteiger partial charge is 0.400 e. The smallest absolute Gasteiger partial charge is 0.358 e. The summed E-state index contributed by atoms with van der Waals surface area (Å²) in [5, 5.41) is 19.4. The molecule has 0 aliphatic carbocycles. The Morgan fingerprint density at radius 2 is 2.46 bits per heavy atom. The molecule has 0 amide bonds. The van der Waals surface area contributed by atoms with Gasteiger partial charge in [0.1, 0.15) is 6.07 Å². The summed E-state index contributed by atoms with van der Waals surface area (Å²) < 4.78 is 1.40. The number of nitro groups is 1. The molecular weight excluding hydrogens is 240 g/mol. The van der Waals surface area contributed by atoms with Crippen molar-refractivity contribution in [2.75, 3.05) is 0 Å². The predicted octanol–water partition coefficient (Wildman–Crippen LogP) is 1.09. The van der Waals surface area contributed by atoms with Crippen LogP contribution in [-0.4, -0.2) is 14.5 Å². The molecule has 0 unspecified atom stereocenters. The maximum absolute atomic E-state index is 10.4. The van der Waals surface area contributed by atoms with Crippen molar-refractivity contribution < 1.29 is 4.92 Å². The van der Waals surface area contributed by atoms with E-state index in [2.05, 4.69) is 20.9 Å². The molecule has 0 N–H and O–H groups in total. The summed E-state index contributed by atoms with van der Waals surface area (Å²) in [5.74, 6) is 0.0719. The number of aromatic nitrogens is 2. The minimum atomic E-state index is -0.662. The van der Waals surface area contributed by atoms with E-state index in [1.54, 1.807) is 13.1 Å². The van der Waals surface area contributed by atoms with Gasteiger partial charge in [-0.25, -0.2) is 0 Å². The van der Waals surface area contributed by atoms with Crippen LogP contribution in [0.25, 0.3) is 0 Å². The number of hydrogen-bond donors (Lipinski definition) is 0. The zero-order valence-electron chi connectivity index (χ0n) is 6.69. The Morgan fingerprint density at radius 3 is 2.77 bits per heavy atom. The molecule has 1 rings (SSSR count). The molecule has 0 fully saturated rings. The molecule has 0 saturated heterocycles. The SMILES string of the molecule is Cn1c(CBr)nc([N+](=O)[O-])c1C#N. The first-order chi connectivity index (χ1) is 6.11. The van der Waals surface area contributed by atoms with Crippen LogP contribution in [0.2, 0.25) is 0 Å². The first kappa shape index (κ1) is 9.67. The van der Waals surface area contributed by atoms with Gasteiger partial charge < -0.3 is 10.1 Å². The van der Waals surface area contributed by atoms with E-state index in [4.69, 9.17) is 5.26 Å². The van der Waals surface area contributed by atoms with Crippen LogP contribution < -0.4 is 0 Å².